The highest BCUT2D eigenvalue weighted by Gasteiger charge is 2.30. The number of hydrogen-bond donors (Lipinski definition) is 0. The molecule has 0 amide bonds. The lowest BCUT2D eigenvalue weighted by Crippen LogP contribution is -2.54. The number of hydrogen-bond acceptors (Lipinski definition) is 3. The number of nitrogens with zero attached hydrogens (tertiary/aromatic N) is 2. The highest BCUT2D eigenvalue weighted by atomic mass is 32.1. The highest BCUT2D eigenvalue weighted by molar-refractivity contribution is 7.29. The zero-order valence-corrected chi connectivity index (χ0v) is 24.8. The van der Waals surface area contributed by atoms with Gasteiger partial charge in [-0.3, -0.25) is 0 Å². The van der Waals surface area contributed by atoms with Crippen LogP contribution in [0.1, 0.15) is 50.3 Å². The number of aryl methyl sites for hydroxylation is 6. The van der Waals surface area contributed by atoms with Crippen LogP contribution in [0.2, 0.25) is 0 Å². The minimum absolute atomic E-state index is 0.199. The molecule has 39 heavy (non-hydrogen) atoms. The Kier molecular flexibility index (Phi) is 6.61. The molecule has 0 bridgehead atoms. The summed E-state index contributed by atoms with van der Waals surface area (Å²) in [7, 11) is 0. The molecule has 2 aromatic heterocycles. The maximum atomic E-state index is 5.59. The van der Waals surface area contributed by atoms with Gasteiger partial charge in [-0.05, 0) is 77.0 Å². The standard InChI is InChI=1S/C34H35BN2OS/c1-20-13-22(3)33(23(4)14-20)35(34-24(5)15-21(2)16-25(34)6)32-12-11-31(39-32)27-9-8-10-28(17-27)37-26(7)29-18-38-19-30(29)36-37/h8-17H,18-19H2,1-7H3. The van der Waals surface area contributed by atoms with Gasteiger partial charge in [-0.2, -0.15) is 5.10 Å². The zero-order valence-electron chi connectivity index (χ0n) is 24.0. The molecule has 5 heteroatoms. The summed E-state index contributed by atoms with van der Waals surface area (Å²) in [5.41, 5.74) is 16.7. The highest BCUT2D eigenvalue weighted by Crippen LogP contribution is 2.29. The summed E-state index contributed by atoms with van der Waals surface area (Å²) in [6.45, 7) is 17.1. The summed E-state index contributed by atoms with van der Waals surface area (Å²) >= 11 is 1.91. The smallest absolute Gasteiger partial charge is 0.255 e. The fraction of sp³-hybridized carbons (Fsp3) is 0.265. The summed E-state index contributed by atoms with van der Waals surface area (Å²) in [5.74, 6) is 0. The minimum Gasteiger partial charge on any atom is -0.370 e. The molecule has 0 unspecified atom stereocenters. The second-order valence-corrected chi connectivity index (χ2v) is 12.3. The van der Waals surface area contributed by atoms with E-state index < -0.39 is 0 Å². The van der Waals surface area contributed by atoms with Crippen molar-refractivity contribution in [2.24, 2.45) is 0 Å². The quantitative estimate of drug-likeness (QED) is 0.249. The topological polar surface area (TPSA) is 27.1 Å². The van der Waals surface area contributed by atoms with E-state index in [2.05, 4.69) is 114 Å². The molecule has 0 atom stereocenters. The molecule has 0 aliphatic carbocycles. The predicted molar refractivity (Wildman–Crippen MR) is 166 cm³/mol. The number of benzene rings is 3. The molecule has 1 aliphatic heterocycles. The lowest BCUT2D eigenvalue weighted by molar-refractivity contribution is 0.131. The minimum atomic E-state index is 0.199. The van der Waals surface area contributed by atoms with Crippen molar-refractivity contribution < 1.29 is 4.74 Å². The Labute approximate surface area is 236 Å². The van der Waals surface area contributed by atoms with E-state index in [1.165, 1.54) is 70.8 Å². The molecule has 0 saturated carbocycles. The summed E-state index contributed by atoms with van der Waals surface area (Å²) in [4.78, 5) is 1.28. The van der Waals surface area contributed by atoms with Crippen LogP contribution in [0.25, 0.3) is 16.1 Å². The first-order chi connectivity index (χ1) is 18.7. The average molecular weight is 531 g/mol. The number of fused-ring (bicyclic) bond motifs is 1. The van der Waals surface area contributed by atoms with Gasteiger partial charge in [0, 0.05) is 16.1 Å². The molecule has 3 aromatic carbocycles. The Morgan fingerprint density at radius 3 is 1.95 bits per heavy atom. The molecular formula is C34H35BN2OS. The molecule has 3 heterocycles. The third-order valence-corrected chi connectivity index (χ3v) is 9.35. The molecular weight excluding hydrogens is 495 g/mol. The molecule has 0 saturated heterocycles. The Bertz CT molecular complexity index is 1620. The zero-order chi connectivity index (χ0) is 27.4. The van der Waals surface area contributed by atoms with Crippen LogP contribution in [0.15, 0.2) is 60.7 Å². The van der Waals surface area contributed by atoms with Gasteiger partial charge in [-0.1, -0.05) is 86.8 Å². The van der Waals surface area contributed by atoms with Gasteiger partial charge in [0.1, 0.15) is 0 Å². The number of ether oxygens (including phenoxy) is 1. The molecule has 5 aromatic rings. The first-order valence-electron chi connectivity index (χ1n) is 13.7. The van der Waals surface area contributed by atoms with Crippen molar-refractivity contribution in [3.8, 4) is 16.1 Å². The Morgan fingerprint density at radius 1 is 0.744 bits per heavy atom. The van der Waals surface area contributed by atoms with Gasteiger partial charge in [0.2, 0.25) is 0 Å². The fourth-order valence-corrected chi connectivity index (χ4v) is 7.70. The molecule has 0 fully saturated rings. The van der Waals surface area contributed by atoms with Crippen LogP contribution in [0.3, 0.4) is 0 Å². The Morgan fingerprint density at radius 2 is 1.36 bits per heavy atom. The van der Waals surface area contributed by atoms with Gasteiger partial charge in [0.15, 0.2) is 0 Å². The monoisotopic (exact) mass is 530 g/mol. The van der Waals surface area contributed by atoms with E-state index in [4.69, 9.17) is 9.84 Å². The normalized spacial score (nSPS) is 12.7. The lowest BCUT2D eigenvalue weighted by Gasteiger charge is -2.23. The van der Waals surface area contributed by atoms with Crippen molar-refractivity contribution in [3.63, 3.8) is 0 Å². The van der Waals surface area contributed by atoms with Crippen LogP contribution >= 0.6 is 11.3 Å². The summed E-state index contributed by atoms with van der Waals surface area (Å²) in [6, 6.07) is 22.8. The van der Waals surface area contributed by atoms with E-state index in [-0.39, 0.29) is 6.71 Å². The van der Waals surface area contributed by atoms with Gasteiger partial charge >= 0.3 is 0 Å². The van der Waals surface area contributed by atoms with Crippen LogP contribution in [-0.4, -0.2) is 16.5 Å². The molecule has 0 spiro atoms. The molecule has 1 aliphatic rings. The van der Waals surface area contributed by atoms with E-state index in [0.717, 1.165) is 11.4 Å². The number of rotatable bonds is 5. The van der Waals surface area contributed by atoms with Crippen molar-refractivity contribution in [1.82, 2.24) is 9.78 Å². The van der Waals surface area contributed by atoms with Crippen molar-refractivity contribution in [1.29, 1.82) is 0 Å². The first-order valence-corrected chi connectivity index (χ1v) is 14.5. The first kappa shape index (κ1) is 25.9. The van der Waals surface area contributed by atoms with Crippen LogP contribution < -0.4 is 15.7 Å². The van der Waals surface area contributed by atoms with Crippen LogP contribution in [0, 0.1) is 48.5 Å². The second kappa shape index (κ2) is 9.97. The summed E-state index contributed by atoms with van der Waals surface area (Å²) in [6.07, 6.45) is 0. The van der Waals surface area contributed by atoms with Crippen molar-refractivity contribution >= 4 is 33.8 Å². The molecule has 0 radical (unpaired) electrons. The van der Waals surface area contributed by atoms with E-state index >= 15 is 0 Å². The molecule has 196 valence electrons. The van der Waals surface area contributed by atoms with Gasteiger partial charge in [0.25, 0.3) is 6.71 Å². The number of aromatic nitrogens is 2. The van der Waals surface area contributed by atoms with Crippen molar-refractivity contribution in [3.05, 3.63) is 111 Å². The van der Waals surface area contributed by atoms with Crippen molar-refractivity contribution in [2.75, 3.05) is 0 Å². The van der Waals surface area contributed by atoms with Crippen molar-refractivity contribution in [2.45, 2.75) is 61.7 Å². The van der Waals surface area contributed by atoms with Gasteiger partial charge in [-0.15, -0.1) is 11.3 Å². The number of thiophene rings is 1. The third kappa shape index (κ3) is 4.58. The van der Waals surface area contributed by atoms with E-state index in [0.29, 0.717) is 13.2 Å². The molecule has 0 N–H and O–H groups in total. The molecule has 6 rings (SSSR count). The van der Waals surface area contributed by atoms with Gasteiger partial charge < -0.3 is 4.74 Å². The average Bonchev–Trinajstić information content (AvgIpc) is 3.60. The van der Waals surface area contributed by atoms with E-state index in [9.17, 15) is 0 Å². The van der Waals surface area contributed by atoms with Gasteiger partial charge in [-0.25, -0.2) is 4.68 Å². The SMILES string of the molecule is Cc1cc(C)c(B(c2ccc(-c3cccc(-n4nc5c(c4C)COC5)c3)s2)c2c(C)cc(C)cc2C)c(C)c1. The van der Waals surface area contributed by atoms with Crippen LogP contribution in [0.5, 0.6) is 0 Å². The summed E-state index contributed by atoms with van der Waals surface area (Å²) < 4.78 is 9.05. The fourth-order valence-electron chi connectivity index (χ4n) is 6.57. The van der Waals surface area contributed by atoms with E-state index in [1.807, 2.05) is 11.3 Å². The Balaban J connectivity index is 1.47. The maximum absolute atomic E-state index is 5.59. The molecule has 3 nitrogen and oxygen atoms in total. The summed E-state index contributed by atoms with van der Waals surface area (Å²) in [5, 5.41) is 4.86. The second-order valence-electron chi connectivity index (χ2n) is 11.2. The van der Waals surface area contributed by atoms with Crippen LogP contribution in [0.4, 0.5) is 0 Å². The third-order valence-electron chi connectivity index (χ3n) is 8.15. The predicted octanol–water partition coefficient (Wildman–Crippen LogP) is 6.31. The largest absolute Gasteiger partial charge is 0.370 e. The van der Waals surface area contributed by atoms with Gasteiger partial charge in [0.05, 0.1) is 24.6 Å². The Hall–Kier alpha value is -3.41. The maximum Gasteiger partial charge on any atom is 0.255 e. The van der Waals surface area contributed by atoms with Crippen LogP contribution in [-0.2, 0) is 18.0 Å². The van der Waals surface area contributed by atoms with E-state index in [1.54, 1.807) is 0 Å². The lowest BCUT2D eigenvalue weighted by atomic mass is 9.37.